The van der Waals surface area contributed by atoms with Crippen molar-refractivity contribution < 1.29 is 4.74 Å². The van der Waals surface area contributed by atoms with Crippen molar-refractivity contribution in [2.75, 3.05) is 13.7 Å². The highest BCUT2D eigenvalue weighted by molar-refractivity contribution is 5.28. The molecule has 2 rings (SSSR count). The minimum Gasteiger partial charge on any atom is -0.497 e. The first-order chi connectivity index (χ1) is 10.2. The van der Waals surface area contributed by atoms with Gasteiger partial charge in [-0.15, -0.1) is 0 Å². The molecule has 1 heterocycles. The van der Waals surface area contributed by atoms with Crippen molar-refractivity contribution in [1.29, 1.82) is 0 Å². The quantitative estimate of drug-likeness (QED) is 0.758. The Balaban J connectivity index is 1.75. The van der Waals surface area contributed by atoms with Gasteiger partial charge in [-0.3, -0.25) is 4.68 Å². The SMILES string of the molecule is CC[C@@H](C)n1cc(CNCCc2cccc(OC)c2)cn1. The number of hydrogen-bond donors (Lipinski definition) is 1. The summed E-state index contributed by atoms with van der Waals surface area (Å²) in [6.07, 6.45) is 6.18. The van der Waals surface area contributed by atoms with Gasteiger partial charge in [0.25, 0.3) is 0 Å². The topological polar surface area (TPSA) is 39.1 Å². The molecule has 4 nitrogen and oxygen atoms in total. The molecule has 1 aromatic heterocycles. The minimum absolute atomic E-state index is 0.468. The molecular weight excluding hydrogens is 262 g/mol. The Hall–Kier alpha value is -1.81. The first-order valence-corrected chi connectivity index (χ1v) is 7.59. The van der Waals surface area contributed by atoms with Crippen LogP contribution in [0.1, 0.15) is 37.4 Å². The van der Waals surface area contributed by atoms with Crippen LogP contribution >= 0.6 is 0 Å². The van der Waals surface area contributed by atoms with Gasteiger partial charge < -0.3 is 10.1 Å². The van der Waals surface area contributed by atoms with Crippen LogP contribution in [0.2, 0.25) is 0 Å². The van der Waals surface area contributed by atoms with Crippen molar-refractivity contribution in [2.45, 2.75) is 39.3 Å². The Kier molecular flexibility index (Phi) is 5.81. The second-order valence-corrected chi connectivity index (χ2v) is 5.36. The van der Waals surface area contributed by atoms with E-state index in [4.69, 9.17) is 4.74 Å². The third-order valence-corrected chi connectivity index (χ3v) is 3.75. The van der Waals surface area contributed by atoms with E-state index in [0.717, 1.165) is 31.7 Å². The average Bonchev–Trinajstić information content (AvgIpc) is 3.00. The van der Waals surface area contributed by atoms with Crippen LogP contribution in [-0.4, -0.2) is 23.4 Å². The number of benzene rings is 1. The maximum Gasteiger partial charge on any atom is 0.119 e. The van der Waals surface area contributed by atoms with Gasteiger partial charge in [-0.05, 0) is 44.0 Å². The highest BCUT2D eigenvalue weighted by atomic mass is 16.5. The molecule has 0 aliphatic rings. The van der Waals surface area contributed by atoms with Crippen LogP contribution in [0.4, 0.5) is 0 Å². The molecule has 0 bridgehead atoms. The predicted octanol–water partition coefficient (Wildman–Crippen LogP) is 3.20. The van der Waals surface area contributed by atoms with Crippen LogP contribution in [0.25, 0.3) is 0 Å². The zero-order chi connectivity index (χ0) is 15.1. The minimum atomic E-state index is 0.468. The van der Waals surface area contributed by atoms with Crippen molar-refractivity contribution >= 4 is 0 Å². The van der Waals surface area contributed by atoms with Crippen LogP contribution in [0.15, 0.2) is 36.7 Å². The summed E-state index contributed by atoms with van der Waals surface area (Å²) in [7, 11) is 1.70. The Morgan fingerprint density at radius 3 is 2.95 bits per heavy atom. The lowest BCUT2D eigenvalue weighted by Crippen LogP contribution is -2.16. The molecule has 0 saturated carbocycles. The number of ether oxygens (including phenoxy) is 1. The maximum absolute atomic E-state index is 5.23. The van der Waals surface area contributed by atoms with Gasteiger partial charge in [0.2, 0.25) is 0 Å². The predicted molar refractivity (Wildman–Crippen MR) is 85.6 cm³/mol. The standard InChI is InChI=1S/C17H25N3O/c1-4-14(2)20-13-16(12-19-20)11-18-9-8-15-6-5-7-17(10-15)21-3/h5-7,10,12-14,18H,4,8-9,11H2,1-3H3/t14-/m1/s1. The van der Waals surface area contributed by atoms with E-state index in [2.05, 4.69) is 42.6 Å². The number of nitrogens with one attached hydrogen (secondary N) is 1. The second kappa shape index (κ2) is 7.84. The summed E-state index contributed by atoms with van der Waals surface area (Å²) in [5, 5.41) is 7.87. The molecule has 114 valence electrons. The average molecular weight is 287 g/mol. The fourth-order valence-electron chi connectivity index (χ4n) is 2.19. The van der Waals surface area contributed by atoms with Crippen LogP contribution in [0.3, 0.4) is 0 Å². The van der Waals surface area contributed by atoms with Crippen LogP contribution in [0, 0.1) is 0 Å². The van der Waals surface area contributed by atoms with Gasteiger partial charge in [0.15, 0.2) is 0 Å². The summed E-state index contributed by atoms with van der Waals surface area (Å²) in [6, 6.07) is 8.69. The molecule has 0 fully saturated rings. The van der Waals surface area contributed by atoms with Gasteiger partial charge in [-0.1, -0.05) is 19.1 Å². The molecular formula is C17H25N3O. The summed E-state index contributed by atoms with van der Waals surface area (Å²) in [6.45, 7) is 6.17. The molecule has 4 heteroatoms. The Bertz CT molecular complexity index is 550. The summed E-state index contributed by atoms with van der Waals surface area (Å²) in [5.41, 5.74) is 2.53. The molecule has 0 saturated heterocycles. The normalized spacial score (nSPS) is 12.3. The first kappa shape index (κ1) is 15.6. The number of nitrogens with zero attached hydrogens (tertiary/aromatic N) is 2. The molecule has 1 atom stereocenters. The molecule has 0 aliphatic carbocycles. The van der Waals surface area contributed by atoms with Gasteiger partial charge in [0, 0.05) is 24.3 Å². The third kappa shape index (κ3) is 4.60. The fraction of sp³-hybridized carbons (Fsp3) is 0.471. The van der Waals surface area contributed by atoms with E-state index >= 15 is 0 Å². The zero-order valence-electron chi connectivity index (χ0n) is 13.2. The van der Waals surface area contributed by atoms with Crippen LogP contribution in [0.5, 0.6) is 5.75 Å². The highest BCUT2D eigenvalue weighted by Gasteiger charge is 2.04. The van der Waals surface area contributed by atoms with Gasteiger partial charge >= 0.3 is 0 Å². The largest absolute Gasteiger partial charge is 0.497 e. The van der Waals surface area contributed by atoms with E-state index in [1.165, 1.54) is 11.1 Å². The van der Waals surface area contributed by atoms with Crippen LogP contribution < -0.4 is 10.1 Å². The fourth-order valence-corrected chi connectivity index (χ4v) is 2.19. The summed E-state index contributed by atoms with van der Waals surface area (Å²) in [4.78, 5) is 0. The van der Waals surface area contributed by atoms with Gasteiger partial charge in [-0.2, -0.15) is 5.10 Å². The Morgan fingerprint density at radius 2 is 2.19 bits per heavy atom. The molecule has 0 radical (unpaired) electrons. The van der Waals surface area contributed by atoms with Crippen molar-refractivity contribution in [3.8, 4) is 5.75 Å². The highest BCUT2D eigenvalue weighted by Crippen LogP contribution is 2.13. The molecule has 1 aromatic carbocycles. The molecule has 21 heavy (non-hydrogen) atoms. The monoisotopic (exact) mass is 287 g/mol. The summed E-state index contributed by atoms with van der Waals surface area (Å²) < 4.78 is 7.28. The molecule has 1 N–H and O–H groups in total. The Morgan fingerprint density at radius 1 is 1.33 bits per heavy atom. The van der Waals surface area contributed by atoms with Crippen molar-refractivity contribution in [2.24, 2.45) is 0 Å². The van der Waals surface area contributed by atoms with Gasteiger partial charge in [-0.25, -0.2) is 0 Å². The van der Waals surface area contributed by atoms with E-state index in [1.807, 2.05) is 23.0 Å². The zero-order valence-corrected chi connectivity index (χ0v) is 13.2. The summed E-state index contributed by atoms with van der Waals surface area (Å²) in [5.74, 6) is 0.919. The Labute approximate surface area is 127 Å². The molecule has 0 unspecified atom stereocenters. The first-order valence-electron chi connectivity index (χ1n) is 7.59. The lowest BCUT2D eigenvalue weighted by Gasteiger charge is -2.08. The van der Waals surface area contributed by atoms with E-state index in [0.29, 0.717) is 6.04 Å². The number of methoxy groups -OCH3 is 1. The van der Waals surface area contributed by atoms with Crippen molar-refractivity contribution in [3.63, 3.8) is 0 Å². The van der Waals surface area contributed by atoms with Crippen molar-refractivity contribution in [1.82, 2.24) is 15.1 Å². The van der Waals surface area contributed by atoms with Gasteiger partial charge in [0.05, 0.1) is 13.3 Å². The lowest BCUT2D eigenvalue weighted by molar-refractivity contribution is 0.414. The van der Waals surface area contributed by atoms with E-state index in [9.17, 15) is 0 Å². The van der Waals surface area contributed by atoms with Crippen LogP contribution in [-0.2, 0) is 13.0 Å². The molecule has 0 aliphatic heterocycles. The maximum atomic E-state index is 5.23. The molecule has 0 spiro atoms. The molecule has 0 amide bonds. The van der Waals surface area contributed by atoms with E-state index < -0.39 is 0 Å². The number of hydrogen-bond acceptors (Lipinski definition) is 3. The number of rotatable bonds is 8. The lowest BCUT2D eigenvalue weighted by atomic mass is 10.1. The van der Waals surface area contributed by atoms with Crippen molar-refractivity contribution in [3.05, 3.63) is 47.8 Å². The smallest absolute Gasteiger partial charge is 0.119 e. The van der Waals surface area contributed by atoms with E-state index in [-0.39, 0.29) is 0 Å². The molecule has 2 aromatic rings. The van der Waals surface area contributed by atoms with Gasteiger partial charge in [0.1, 0.15) is 5.75 Å². The van der Waals surface area contributed by atoms with E-state index in [1.54, 1.807) is 7.11 Å². The summed E-state index contributed by atoms with van der Waals surface area (Å²) >= 11 is 0. The number of aromatic nitrogens is 2. The second-order valence-electron chi connectivity index (χ2n) is 5.36. The third-order valence-electron chi connectivity index (χ3n) is 3.75.